The van der Waals surface area contributed by atoms with Gasteiger partial charge in [-0.1, -0.05) is 33.1 Å². The lowest BCUT2D eigenvalue weighted by Crippen LogP contribution is -2.53. The Balaban J connectivity index is 1.87. The van der Waals surface area contributed by atoms with Crippen molar-refractivity contribution in [1.29, 1.82) is 0 Å². The lowest BCUT2D eigenvalue weighted by atomic mass is 9.78. The smallest absolute Gasteiger partial charge is 0.234 e. The number of hydrogen-bond acceptors (Lipinski definition) is 3. The van der Waals surface area contributed by atoms with E-state index in [1.54, 1.807) is 0 Å². The summed E-state index contributed by atoms with van der Waals surface area (Å²) in [6, 6.07) is 0.00488. The Hall–Kier alpha value is -1.10. The molecule has 0 aromatic rings. The van der Waals surface area contributed by atoms with Gasteiger partial charge in [0.15, 0.2) is 0 Å². The van der Waals surface area contributed by atoms with E-state index in [9.17, 15) is 9.59 Å². The SMILES string of the molecule is C[C@@H]1[C@H](C)CCC[C@@H]1NC(=O)CN1CCCC[C@H]1C(N)=O. The van der Waals surface area contributed by atoms with Gasteiger partial charge in [0, 0.05) is 6.04 Å². The van der Waals surface area contributed by atoms with E-state index >= 15 is 0 Å². The largest absolute Gasteiger partial charge is 0.368 e. The number of piperidine rings is 1. The number of hydrogen-bond donors (Lipinski definition) is 2. The molecule has 2 fully saturated rings. The van der Waals surface area contributed by atoms with E-state index in [1.165, 1.54) is 12.8 Å². The van der Waals surface area contributed by atoms with Crippen LogP contribution >= 0.6 is 0 Å². The van der Waals surface area contributed by atoms with Crippen molar-refractivity contribution in [2.45, 2.75) is 64.5 Å². The molecule has 0 spiro atoms. The summed E-state index contributed by atoms with van der Waals surface area (Å²) in [5.41, 5.74) is 5.45. The van der Waals surface area contributed by atoms with E-state index in [1.807, 2.05) is 4.90 Å². The molecule has 21 heavy (non-hydrogen) atoms. The standard InChI is InChI=1S/C16H29N3O2/c1-11-6-5-7-13(12(11)2)18-15(20)10-19-9-4-3-8-14(19)16(17)21/h11-14H,3-10H2,1-2H3,(H2,17,21)(H,18,20)/t11-,12-,13+,14+/m1/s1. The highest BCUT2D eigenvalue weighted by Crippen LogP contribution is 2.29. The Morgan fingerprint density at radius 3 is 2.62 bits per heavy atom. The fraction of sp³-hybridized carbons (Fsp3) is 0.875. The molecule has 0 aromatic heterocycles. The first kappa shape index (κ1) is 16.3. The van der Waals surface area contributed by atoms with E-state index in [0.717, 1.165) is 32.2 Å². The van der Waals surface area contributed by atoms with Crippen LogP contribution in [0.25, 0.3) is 0 Å². The molecule has 1 aliphatic carbocycles. The maximum atomic E-state index is 12.3. The normalized spacial score (nSPS) is 34.4. The summed E-state index contributed by atoms with van der Waals surface area (Å²) in [6.45, 7) is 5.57. The zero-order valence-corrected chi connectivity index (χ0v) is 13.3. The van der Waals surface area contributed by atoms with Gasteiger partial charge in [-0.05, 0) is 37.6 Å². The Morgan fingerprint density at radius 1 is 1.14 bits per heavy atom. The van der Waals surface area contributed by atoms with Crippen molar-refractivity contribution >= 4 is 11.8 Å². The molecular formula is C16H29N3O2. The van der Waals surface area contributed by atoms with Gasteiger partial charge in [0.2, 0.25) is 11.8 Å². The van der Waals surface area contributed by atoms with Crippen LogP contribution in [0, 0.1) is 11.8 Å². The van der Waals surface area contributed by atoms with E-state index in [4.69, 9.17) is 5.73 Å². The number of carbonyl (C=O) groups excluding carboxylic acids is 2. The first-order chi connectivity index (χ1) is 9.99. The van der Waals surface area contributed by atoms with Gasteiger partial charge in [0.25, 0.3) is 0 Å². The molecule has 120 valence electrons. The highest BCUT2D eigenvalue weighted by Gasteiger charge is 2.31. The fourth-order valence-electron chi connectivity index (χ4n) is 3.73. The maximum Gasteiger partial charge on any atom is 0.234 e. The summed E-state index contributed by atoms with van der Waals surface area (Å²) < 4.78 is 0. The average Bonchev–Trinajstić information content (AvgIpc) is 2.44. The van der Waals surface area contributed by atoms with Crippen molar-refractivity contribution < 1.29 is 9.59 Å². The third-order valence-electron chi connectivity index (χ3n) is 5.34. The second-order valence-corrected chi connectivity index (χ2v) is 6.83. The molecule has 1 heterocycles. The summed E-state index contributed by atoms with van der Waals surface area (Å²) in [6.07, 6.45) is 6.33. The minimum absolute atomic E-state index is 0.0362. The lowest BCUT2D eigenvalue weighted by Gasteiger charge is -2.36. The van der Waals surface area contributed by atoms with Crippen LogP contribution in [-0.4, -0.2) is 41.9 Å². The van der Waals surface area contributed by atoms with Crippen LogP contribution in [0.4, 0.5) is 0 Å². The lowest BCUT2D eigenvalue weighted by molar-refractivity contribution is -0.128. The molecule has 1 saturated carbocycles. The van der Waals surface area contributed by atoms with Gasteiger partial charge in [-0.15, -0.1) is 0 Å². The van der Waals surface area contributed by atoms with Crippen LogP contribution in [0.2, 0.25) is 0 Å². The number of rotatable bonds is 4. The van der Waals surface area contributed by atoms with E-state index in [0.29, 0.717) is 18.4 Å². The Kier molecular flexibility index (Phi) is 5.62. The second kappa shape index (κ2) is 7.25. The van der Waals surface area contributed by atoms with E-state index < -0.39 is 0 Å². The molecular weight excluding hydrogens is 266 g/mol. The first-order valence-corrected chi connectivity index (χ1v) is 8.31. The molecule has 3 N–H and O–H groups in total. The third kappa shape index (κ3) is 4.19. The maximum absolute atomic E-state index is 12.3. The highest BCUT2D eigenvalue weighted by atomic mass is 16.2. The minimum atomic E-state index is -0.304. The van der Waals surface area contributed by atoms with Crippen molar-refractivity contribution in [3.8, 4) is 0 Å². The molecule has 0 bridgehead atoms. The molecule has 0 aromatic carbocycles. The number of likely N-dealkylation sites (tertiary alicyclic amines) is 1. The Morgan fingerprint density at radius 2 is 1.90 bits per heavy atom. The molecule has 2 aliphatic rings. The topological polar surface area (TPSA) is 75.4 Å². The summed E-state index contributed by atoms with van der Waals surface area (Å²) in [5, 5.41) is 3.17. The highest BCUT2D eigenvalue weighted by molar-refractivity contribution is 5.82. The van der Waals surface area contributed by atoms with Gasteiger partial charge in [-0.25, -0.2) is 0 Å². The first-order valence-electron chi connectivity index (χ1n) is 8.31. The quantitative estimate of drug-likeness (QED) is 0.820. The number of nitrogens with two attached hydrogens (primary N) is 1. The van der Waals surface area contributed by atoms with Gasteiger partial charge in [-0.2, -0.15) is 0 Å². The molecule has 0 unspecified atom stereocenters. The zero-order chi connectivity index (χ0) is 15.4. The van der Waals surface area contributed by atoms with E-state index in [2.05, 4.69) is 19.2 Å². The molecule has 5 nitrogen and oxygen atoms in total. The van der Waals surface area contributed by atoms with Crippen LogP contribution in [0.5, 0.6) is 0 Å². The zero-order valence-electron chi connectivity index (χ0n) is 13.3. The van der Waals surface area contributed by atoms with Crippen LogP contribution in [0.15, 0.2) is 0 Å². The predicted molar refractivity (Wildman–Crippen MR) is 82.5 cm³/mol. The van der Waals surface area contributed by atoms with Crippen LogP contribution in [0.3, 0.4) is 0 Å². The van der Waals surface area contributed by atoms with Crippen LogP contribution in [-0.2, 0) is 9.59 Å². The Bertz CT molecular complexity index is 386. The summed E-state index contributed by atoms with van der Waals surface area (Å²) in [5.74, 6) is 0.921. The number of nitrogens with zero attached hydrogens (tertiary/aromatic N) is 1. The number of primary amides is 1. The molecule has 2 amide bonds. The fourth-order valence-corrected chi connectivity index (χ4v) is 3.73. The van der Waals surface area contributed by atoms with Gasteiger partial charge in [0.1, 0.15) is 0 Å². The third-order valence-corrected chi connectivity index (χ3v) is 5.34. The molecule has 2 rings (SSSR count). The number of carbonyl (C=O) groups is 2. The predicted octanol–water partition coefficient (Wildman–Crippen LogP) is 1.27. The number of nitrogens with one attached hydrogen (secondary N) is 1. The monoisotopic (exact) mass is 295 g/mol. The van der Waals surface area contributed by atoms with Crippen molar-refractivity contribution in [2.24, 2.45) is 17.6 Å². The van der Waals surface area contributed by atoms with Gasteiger partial charge >= 0.3 is 0 Å². The number of amides is 2. The van der Waals surface area contributed by atoms with Crippen molar-refractivity contribution in [1.82, 2.24) is 10.2 Å². The van der Waals surface area contributed by atoms with E-state index in [-0.39, 0.29) is 23.9 Å². The van der Waals surface area contributed by atoms with Gasteiger partial charge in [-0.3, -0.25) is 14.5 Å². The summed E-state index contributed by atoms with van der Waals surface area (Å²) in [4.78, 5) is 25.7. The summed E-state index contributed by atoms with van der Waals surface area (Å²) >= 11 is 0. The Labute approximate surface area is 127 Å². The molecule has 1 saturated heterocycles. The van der Waals surface area contributed by atoms with Crippen LogP contribution < -0.4 is 11.1 Å². The average molecular weight is 295 g/mol. The summed E-state index contributed by atoms with van der Waals surface area (Å²) in [7, 11) is 0. The van der Waals surface area contributed by atoms with Crippen molar-refractivity contribution in [3.63, 3.8) is 0 Å². The van der Waals surface area contributed by atoms with Crippen molar-refractivity contribution in [3.05, 3.63) is 0 Å². The second-order valence-electron chi connectivity index (χ2n) is 6.83. The molecule has 1 aliphatic heterocycles. The van der Waals surface area contributed by atoms with Gasteiger partial charge in [0.05, 0.1) is 12.6 Å². The molecule has 4 atom stereocenters. The van der Waals surface area contributed by atoms with Crippen molar-refractivity contribution in [2.75, 3.05) is 13.1 Å². The van der Waals surface area contributed by atoms with Crippen LogP contribution in [0.1, 0.15) is 52.4 Å². The minimum Gasteiger partial charge on any atom is -0.368 e. The van der Waals surface area contributed by atoms with Gasteiger partial charge < -0.3 is 11.1 Å². The molecule has 5 heteroatoms. The molecule has 0 radical (unpaired) electrons.